The van der Waals surface area contributed by atoms with E-state index < -0.39 is 111 Å². The van der Waals surface area contributed by atoms with Crippen LogP contribution in [0.3, 0.4) is 0 Å². The van der Waals surface area contributed by atoms with E-state index in [9.17, 15) is 5.48 Å². The zero-order valence-electron chi connectivity index (χ0n) is 50.6. The molecule has 0 aliphatic carbocycles. The Bertz CT molecular complexity index is 4360. The second-order valence-corrected chi connectivity index (χ2v) is 20.2. The first-order chi connectivity index (χ1) is 39.4. The lowest BCUT2D eigenvalue weighted by molar-refractivity contribution is 0.465. The summed E-state index contributed by atoms with van der Waals surface area (Å²) in [5, 5.41) is 3.74. The highest BCUT2D eigenvalue weighted by Gasteiger charge is 2.46. The largest absolute Gasteiger partial charge is 0.458 e. The van der Waals surface area contributed by atoms with Gasteiger partial charge in [-0.05, 0) is 80.1 Å². The Balaban J connectivity index is 1.08. The van der Waals surface area contributed by atoms with Gasteiger partial charge < -0.3 is 18.6 Å². The van der Waals surface area contributed by atoms with E-state index in [1.165, 1.54) is 9.13 Å². The van der Waals surface area contributed by atoms with Crippen molar-refractivity contribution in [3.05, 3.63) is 236 Å². The molecule has 2 aromatic heterocycles. The number of ether oxygens (including phenoxy) is 2. The van der Waals surface area contributed by atoms with Crippen molar-refractivity contribution in [2.75, 3.05) is 0 Å². The summed E-state index contributed by atoms with van der Waals surface area (Å²) in [6.45, 7) is -0.656. The lowest BCUT2D eigenvalue weighted by atomic mass is 9.35. The number of hydrogen-bond acceptors (Lipinski definition) is 2. The molecule has 12 aromatic rings. The number of hydrogen-bond donors (Lipinski definition) is 0. The molecule has 0 N–H and O–H groups in total. The van der Waals surface area contributed by atoms with Gasteiger partial charge in [0, 0.05) is 50.5 Å². The molecule has 0 amide bonds. The van der Waals surface area contributed by atoms with Gasteiger partial charge in [-0.15, -0.1) is 0 Å². The maximum atomic E-state index is 9.25. The molecule has 0 bridgehead atoms. The second kappa shape index (κ2) is 14.3. The highest BCUT2D eigenvalue weighted by atomic mass is 28.3. The van der Waals surface area contributed by atoms with Crippen molar-refractivity contribution in [2.45, 2.75) is 0 Å². The van der Waals surface area contributed by atoms with E-state index >= 15 is 0 Å². The molecular weight excluding hydrogens is 820 g/mol. The van der Waals surface area contributed by atoms with Gasteiger partial charge in [-0.25, -0.2) is 0 Å². The van der Waals surface area contributed by atoms with Crippen LogP contribution in [0.2, 0.25) is 0 Å². The van der Waals surface area contributed by atoms with Crippen molar-refractivity contribution >= 4 is 95.5 Å². The molecule has 4 heterocycles. The summed E-state index contributed by atoms with van der Waals surface area (Å²) in [7, 11) is -3.36. The molecule has 0 saturated carbocycles. The average molecular weight is 875 g/mol. The second-order valence-electron chi connectivity index (χ2n) is 16.4. The molecule has 10 aromatic carbocycles. The standard InChI is InChI=1S/C60H39BN2O2Si/c1-4-18-42(19-5-1)66(43-20-6-2-7-21-43,44-22-8-3-9-23-44)45-38-58-60-59(39-45)65-57-37-41(63-54-30-16-12-26-48(54)49-27-13-17-31-55(49)63)33-35-51(57)61(60)50-34-32-40(36-56(50)64-58)62-52-28-14-10-24-46(52)47-25-11-15-29-53(47)62/h1-39H/i10D,11D,12D,13D,14D,15D,16D,17D,24D,25D,26D,27D,28D,29D,30D,31D. The third-order valence-electron chi connectivity index (χ3n) is 13.1. The van der Waals surface area contributed by atoms with E-state index in [0.717, 1.165) is 20.7 Å². The average Bonchev–Trinajstić information content (AvgIpc) is 3.51. The van der Waals surface area contributed by atoms with Crippen molar-refractivity contribution in [1.29, 1.82) is 0 Å². The van der Waals surface area contributed by atoms with Gasteiger partial charge in [0.2, 0.25) is 0 Å². The number of rotatable bonds is 6. The monoisotopic (exact) mass is 874 g/mol. The molecule has 2 aliphatic heterocycles. The zero-order chi connectivity index (χ0) is 57.3. The molecular formula is C60H39BN2O2Si. The van der Waals surface area contributed by atoms with Crippen molar-refractivity contribution in [3.8, 4) is 34.4 Å². The summed E-state index contributed by atoms with van der Waals surface area (Å²) in [6.07, 6.45) is 0. The first-order valence-corrected chi connectivity index (χ1v) is 23.4. The molecule has 66 heavy (non-hydrogen) atoms. The Kier molecular flexibility index (Phi) is 5.36. The Morgan fingerprint density at radius 3 is 1.08 bits per heavy atom. The van der Waals surface area contributed by atoms with E-state index in [0.29, 0.717) is 39.4 Å². The molecule has 0 unspecified atom stereocenters. The normalized spacial score (nSPS) is 16.2. The first-order valence-electron chi connectivity index (χ1n) is 29.4. The van der Waals surface area contributed by atoms with Gasteiger partial charge in [0.1, 0.15) is 23.0 Å². The number of aromatic nitrogens is 2. The Morgan fingerprint density at radius 1 is 0.364 bits per heavy atom. The van der Waals surface area contributed by atoms with Gasteiger partial charge in [0.25, 0.3) is 6.71 Å². The lowest BCUT2D eigenvalue weighted by Gasteiger charge is -2.38. The molecule has 0 radical (unpaired) electrons. The molecule has 2 aliphatic rings. The Hall–Kier alpha value is -8.32. The van der Waals surface area contributed by atoms with Crippen LogP contribution >= 0.6 is 0 Å². The van der Waals surface area contributed by atoms with Gasteiger partial charge in [-0.1, -0.05) is 176 Å². The molecule has 4 nitrogen and oxygen atoms in total. The lowest BCUT2D eigenvalue weighted by Crippen LogP contribution is -2.75. The van der Waals surface area contributed by atoms with Crippen LogP contribution in [0.25, 0.3) is 55.0 Å². The van der Waals surface area contributed by atoms with E-state index in [1.807, 2.05) is 66.7 Å². The molecule has 0 atom stereocenters. The Morgan fingerprint density at radius 2 is 0.712 bits per heavy atom. The smallest absolute Gasteiger partial charge is 0.260 e. The third kappa shape index (κ3) is 5.27. The quantitative estimate of drug-likeness (QED) is 0.123. The van der Waals surface area contributed by atoms with Gasteiger partial charge in [0.05, 0.1) is 44.0 Å². The van der Waals surface area contributed by atoms with Crippen LogP contribution < -0.4 is 46.6 Å². The summed E-state index contributed by atoms with van der Waals surface area (Å²) in [4.78, 5) is 0. The maximum Gasteiger partial charge on any atom is 0.260 e. The van der Waals surface area contributed by atoms with Gasteiger partial charge in [0.15, 0.2) is 8.07 Å². The zero-order valence-corrected chi connectivity index (χ0v) is 35.6. The number of fused-ring (bicyclic) bond motifs is 10. The van der Waals surface area contributed by atoms with E-state index in [-0.39, 0.29) is 55.0 Å². The highest BCUT2D eigenvalue weighted by molar-refractivity contribution is 7.20. The first kappa shape index (κ1) is 24.7. The minimum absolute atomic E-state index is 0.0539. The minimum Gasteiger partial charge on any atom is -0.458 e. The van der Waals surface area contributed by atoms with Crippen molar-refractivity contribution < 1.29 is 31.4 Å². The minimum atomic E-state index is -3.36. The summed E-state index contributed by atoms with van der Waals surface area (Å²) in [5.41, 5.74) is 2.26. The SMILES string of the molecule is [2H]c1c([2H])c([2H])c2c(c1[2H])c1c([2H])c([2H])c([2H])c([2H])c1n2-c1ccc2c(c1)Oc1cc([Si](c3ccccc3)(c3ccccc3)c3ccccc3)cc3c1B2c1ccc(-n2c4c([2H])c([2H])c([2H])c([2H])c4c4c([2H])c([2H])c([2H])c([2H])c42)cc1O3. The fraction of sp³-hybridized carbons (Fsp3) is 0. The van der Waals surface area contributed by atoms with Crippen molar-refractivity contribution in [1.82, 2.24) is 9.13 Å². The van der Waals surface area contributed by atoms with Gasteiger partial charge >= 0.3 is 0 Å². The molecule has 14 rings (SSSR count). The van der Waals surface area contributed by atoms with Crippen LogP contribution in [0, 0.1) is 0 Å². The maximum absolute atomic E-state index is 9.25. The molecule has 0 fully saturated rings. The van der Waals surface area contributed by atoms with Gasteiger partial charge in [-0.2, -0.15) is 0 Å². The number of para-hydroxylation sites is 4. The van der Waals surface area contributed by atoms with Crippen molar-refractivity contribution in [3.63, 3.8) is 0 Å². The van der Waals surface area contributed by atoms with Gasteiger partial charge in [-0.3, -0.25) is 0 Å². The molecule has 0 saturated heterocycles. The van der Waals surface area contributed by atoms with E-state index in [2.05, 4.69) is 48.5 Å². The highest BCUT2D eigenvalue weighted by Crippen LogP contribution is 2.39. The van der Waals surface area contributed by atoms with Crippen molar-refractivity contribution in [2.24, 2.45) is 0 Å². The molecule has 308 valence electrons. The predicted octanol–water partition coefficient (Wildman–Crippen LogP) is 9.99. The fourth-order valence-electron chi connectivity index (χ4n) is 10.4. The summed E-state index contributed by atoms with van der Waals surface area (Å²) < 4.78 is 160. The third-order valence-corrected chi connectivity index (χ3v) is 17.8. The topological polar surface area (TPSA) is 28.3 Å². The summed E-state index contributed by atoms with van der Waals surface area (Å²) in [6, 6.07) is 37.1. The van der Waals surface area contributed by atoms with Crippen LogP contribution in [0.5, 0.6) is 23.0 Å². The fourth-order valence-corrected chi connectivity index (χ4v) is 15.2. The van der Waals surface area contributed by atoms with Crippen LogP contribution in [0.1, 0.15) is 21.9 Å². The predicted molar refractivity (Wildman–Crippen MR) is 276 cm³/mol. The van der Waals surface area contributed by atoms with Crippen LogP contribution in [-0.4, -0.2) is 23.9 Å². The number of nitrogens with zero attached hydrogens (tertiary/aromatic N) is 2. The van der Waals surface area contributed by atoms with Crippen LogP contribution in [-0.2, 0) is 0 Å². The van der Waals surface area contributed by atoms with Crippen LogP contribution in [0.4, 0.5) is 0 Å². The number of benzene rings is 10. The van der Waals surface area contributed by atoms with E-state index in [4.69, 9.17) is 25.9 Å². The molecule has 6 heteroatoms. The Labute approximate surface area is 405 Å². The van der Waals surface area contributed by atoms with E-state index in [1.54, 1.807) is 24.3 Å². The molecule has 0 spiro atoms. The summed E-state index contributed by atoms with van der Waals surface area (Å²) >= 11 is 0. The summed E-state index contributed by atoms with van der Waals surface area (Å²) in [5.74, 6) is 1.48. The van der Waals surface area contributed by atoms with Crippen LogP contribution in [0.15, 0.2) is 236 Å².